The second kappa shape index (κ2) is 23.5. The van der Waals surface area contributed by atoms with Crippen molar-refractivity contribution in [3.05, 3.63) is 309 Å². The van der Waals surface area contributed by atoms with Gasteiger partial charge in [-0.2, -0.15) is 29.9 Å². The first kappa shape index (κ1) is 56.6. The number of hydrogen-bond donors (Lipinski definition) is 0. The predicted molar refractivity (Wildman–Crippen MR) is 392 cm³/mol. The number of para-hydroxylation sites is 3. The van der Waals surface area contributed by atoms with Crippen LogP contribution in [0.1, 0.15) is 0 Å². The number of benzene rings is 12. The van der Waals surface area contributed by atoms with Gasteiger partial charge in [0.25, 0.3) is 0 Å². The SMILES string of the molecule is c1ccc(-c2nc(-c3ccccc3)nc(-n3c4ccccc4c4cc(-c5nc(-c6ccc7c(c6)c6ccccc6n7-c6nc(-c7ccccc7)nc(-c7ccccc7)n6)nc(-c6ccc7c(c6)c6ccccc6n7-c6nc(-c7ccccc7)nc(-c7ccccc7)n6)n5)ccc43)n2)cc1. The van der Waals surface area contributed by atoms with Crippen molar-refractivity contribution in [2.45, 2.75) is 0 Å². The van der Waals surface area contributed by atoms with Crippen LogP contribution in [0, 0.1) is 0 Å². The van der Waals surface area contributed by atoms with E-state index in [1.165, 1.54) is 0 Å². The standard InChI is InChI=1S/C84H51N15/c1-7-25-52(26-8-1)73-85-74(53-27-9-2-10-28-53)92-82(91-73)97-67-40-22-19-37-61(67)64-49-58(43-46-70(64)97)79-88-80(59-44-47-71-65(50-59)62-38-20-23-41-68(62)98(71)83-93-75(54-29-11-3-12-30-54)86-76(94-83)55-31-13-4-14-32-55)90-81(89-79)60-45-48-72-66(51-60)63-39-21-24-42-69(63)99(72)84-95-77(56-33-15-5-16-34-56)87-78(96-84)57-35-17-6-18-36-57/h1-51H. The lowest BCUT2D eigenvalue weighted by atomic mass is 10.1. The summed E-state index contributed by atoms with van der Waals surface area (Å²) < 4.78 is 6.38. The van der Waals surface area contributed by atoms with Crippen LogP contribution in [0.15, 0.2) is 309 Å². The fourth-order valence-corrected chi connectivity index (χ4v) is 13.4. The summed E-state index contributed by atoms with van der Waals surface area (Å²) in [7, 11) is 0. The van der Waals surface area contributed by atoms with Gasteiger partial charge in [-0.1, -0.05) is 237 Å². The third-order valence-electron chi connectivity index (χ3n) is 18.1. The molecule has 19 rings (SSSR count). The number of aromatic nitrogens is 15. The number of rotatable bonds is 12. The highest BCUT2D eigenvalue weighted by Crippen LogP contribution is 2.40. The summed E-state index contributed by atoms with van der Waals surface area (Å²) in [6.45, 7) is 0. The molecule has 7 aromatic heterocycles. The topological polar surface area (TPSA) is 169 Å². The third-order valence-corrected chi connectivity index (χ3v) is 18.1. The molecule has 0 aliphatic heterocycles. The smallest absolute Gasteiger partial charge is 0.238 e. The second-order valence-electron chi connectivity index (χ2n) is 24.1. The van der Waals surface area contributed by atoms with Crippen LogP contribution in [-0.4, -0.2) is 73.5 Å². The molecule has 0 amide bonds. The predicted octanol–water partition coefficient (Wildman–Crippen LogP) is 18.7. The fraction of sp³-hybridized carbons (Fsp3) is 0. The minimum Gasteiger partial charge on any atom is -0.278 e. The molecule has 0 saturated heterocycles. The molecule has 99 heavy (non-hydrogen) atoms. The molecule has 462 valence electrons. The minimum absolute atomic E-state index is 0.482. The fourth-order valence-electron chi connectivity index (χ4n) is 13.4. The number of nitrogens with zero attached hydrogens (tertiary/aromatic N) is 15. The van der Waals surface area contributed by atoms with Crippen molar-refractivity contribution in [2.24, 2.45) is 0 Å². The van der Waals surface area contributed by atoms with E-state index in [0.29, 0.717) is 70.3 Å². The quantitative estimate of drug-likeness (QED) is 0.114. The van der Waals surface area contributed by atoms with E-state index in [1.807, 2.05) is 200 Å². The van der Waals surface area contributed by atoms with E-state index >= 15 is 0 Å². The molecular formula is C84H51N15. The van der Waals surface area contributed by atoms with Crippen molar-refractivity contribution in [2.75, 3.05) is 0 Å². The van der Waals surface area contributed by atoms with Crippen LogP contribution in [-0.2, 0) is 0 Å². The molecule has 0 fully saturated rings. The van der Waals surface area contributed by atoms with E-state index in [0.717, 1.165) is 115 Å². The maximum Gasteiger partial charge on any atom is 0.238 e. The number of fused-ring (bicyclic) bond motifs is 9. The van der Waals surface area contributed by atoms with Crippen LogP contribution in [0.4, 0.5) is 0 Å². The molecular weight excluding hydrogens is 1220 g/mol. The Morgan fingerprint density at radius 3 is 0.545 bits per heavy atom. The highest BCUT2D eigenvalue weighted by atomic mass is 15.2. The van der Waals surface area contributed by atoms with E-state index in [1.54, 1.807) is 0 Å². The Balaban J connectivity index is 0.808. The molecule has 0 radical (unpaired) electrons. The highest BCUT2D eigenvalue weighted by Gasteiger charge is 2.25. The number of hydrogen-bond acceptors (Lipinski definition) is 12. The monoisotopic (exact) mass is 1270 g/mol. The normalized spacial score (nSPS) is 11.6. The first-order valence-corrected chi connectivity index (χ1v) is 32.5. The molecule has 15 nitrogen and oxygen atoms in total. The van der Waals surface area contributed by atoms with E-state index in [2.05, 4.69) is 123 Å². The zero-order chi connectivity index (χ0) is 65.3. The molecule has 15 heteroatoms. The third kappa shape index (κ3) is 9.99. The Morgan fingerprint density at radius 2 is 0.323 bits per heavy atom. The van der Waals surface area contributed by atoms with Crippen LogP contribution in [0.2, 0.25) is 0 Å². The van der Waals surface area contributed by atoms with Crippen LogP contribution < -0.4 is 0 Å². The second-order valence-corrected chi connectivity index (χ2v) is 24.1. The first-order valence-electron chi connectivity index (χ1n) is 32.5. The molecule has 0 atom stereocenters. The maximum absolute atomic E-state index is 5.48. The molecule has 19 aromatic rings. The van der Waals surface area contributed by atoms with E-state index < -0.39 is 0 Å². The molecule has 12 aromatic carbocycles. The molecule has 0 saturated carbocycles. The van der Waals surface area contributed by atoms with Gasteiger partial charge in [-0.15, -0.1) is 0 Å². The van der Waals surface area contributed by atoms with E-state index in [9.17, 15) is 0 Å². The van der Waals surface area contributed by atoms with Crippen LogP contribution in [0.3, 0.4) is 0 Å². The molecule has 0 unspecified atom stereocenters. The summed E-state index contributed by atoms with van der Waals surface area (Å²) >= 11 is 0. The molecule has 0 aliphatic rings. The summed E-state index contributed by atoms with van der Waals surface area (Å²) in [6, 6.07) is 104. The summed E-state index contributed by atoms with van der Waals surface area (Å²) in [5, 5.41) is 5.91. The van der Waals surface area contributed by atoms with Gasteiger partial charge in [0.2, 0.25) is 17.8 Å². The van der Waals surface area contributed by atoms with Crippen molar-refractivity contribution in [3.63, 3.8) is 0 Å². The Bertz CT molecular complexity index is 5540. The summed E-state index contributed by atoms with van der Waals surface area (Å²) in [4.78, 5) is 62.8. The van der Waals surface area contributed by atoms with Crippen molar-refractivity contribution < 1.29 is 0 Å². The lowest BCUT2D eigenvalue weighted by Crippen LogP contribution is -2.06. The minimum atomic E-state index is 0.482. The molecule has 0 N–H and O–H groups in total. The average Bonchev–Trinajstić information content (AvgIpc) is 1.61. The van der Waals surface area contributed by atoms with Gasteiger partial charge >= 0.3 is 0 Å². The van der Waals surface area contributed by atoms with Crippen molar-refractivity contribution >= 4 is 65.4 Å². The zero-order valence-electron chi connectivity index (χ0n) is 52.7. The van der Waals surface area contributed by atoms with Crippen molar-refractivity contribution in [1.82, 2.24) is 73.5 Å². The van der Waals surface area contributed by atoms with Crippen molar-refractivity contribution in [1.29, 1.82) is 0 Å². The van der Waals surface area contributed by atoms with Gasteiger partial charge in [0, 0.05) is 82.4 Å². The summed E-state index contributed by atoms with van der Waals surface area (Å²) in [5.41, 5.74) is 13.1. The van der Waals surface area contributed by atoms with Gasteiger partial charge in [0.1, 0.15) is 0 Å². The Hall–Kier alpha value is -13.9. The van der Waals surface area contributed by atoms with E-state index in [4.69, 9.17) is 59.8 Å². The summed E-state index contributed by atoms with van der Waals surface area (Å²) in [5.74, 6) is 6.33. The van der Waals surface area contributed by atoms with Gasteiger partial charge in [-0.3, -0.25) is 13.7 Å². The summed E-state index contributed by atoms with van der Waals surface area (Å²) in [6.07, 6.45) is 0. The highest BCUT2D eigenvalue weighted by molar-refractivity contribution is 6.12. The molecule has 7 heterocycles. The Morgan fingerprint density at radius 1 is 0.141 bits per heavy atom. The molecule has 0 bridgehead atoms. The maximum atomic E-state index is 5.48. The lowest BCUT2D eigenvalue weighted by Gasteiger charge is -2.12. The zero-order valence-corrected chi connectivity index (χ0v) is 52.7. The van der Waals surface area contributed by atoms with Gasteiger partial charge in [0.05, 0.1) is 33.1 Å². The van der Waals surface area contributed by atoms with Gasteiger partial charge < -0.3 is 0 Å². The average molecular weight is 1270 g/mol. The lowest BCUT2D eigenvalue weighted by molar-refractivity contribution is 0.953. The Kier molecular flexibility index (Phi) is 13.4. The van der Waals surface area contributed by atoms with Crippen molar-refractivity contribution in [3.8, 4) is 120 Å². The Labute approximate surface area is 565 Å². The largest absolute Gasteiger partial charge is 0.278 e. The van der Waals surface area contributed by atoms with Crippen LogP contribution in [0.5, 0.6) is 0 Å². The van der Waals surface area contributed by atoms with E-state index in [-0.39, 0.29) is 0 Å². The van der Waals surface area contributed by atoms with Crippen LogP contribution in [0.25, 0.3) is 186 Å². The van der Waals surface area contributed by atoms with Gasteiger partial charge in [-0.25, -0.2) is 29.9 Å². The van der Waals surface area contributed by atoms with Gasteiger partial charge in [-0.05, 0) is 72.8 Å². The molecule has 0 spiro atoms. The van der Waals surface area contributed by atoms with Crippen LogP contribution >= 0.6 is 0 Å². The molecule has 0 aliphatic carbocycles. The first-order chi connectivity index (χ1) is 49.0. The van der Waals surface area contributed by atoms with Gasteiger partial charge in [0.15, 0.2) is 52.4 Å².